The maximum Gasteiger partial charge on any atom is 0.241 e. The van der Waals surface area contributed by atoms with Crippen molar-refractivity contribution in [2.75, 3.05) is 5.32 Å². The molecule has 0 spiro atoms. The molecule has 1 aromatic carbocycles. The molecule has 0 heterocycles. The molecule has 0 aliphatic rings. The summed E-state index contributed by atoms with van der Waals surface area (Å²) >= 11 is 0. The van der Waals surface area contributed by atoms with Gasteiger partial charge in [-0.2, -0.15) is 0 Å². The lowest BCUT2D eigenvalue weighted by Crippen LogP contribution is -2.32. The summed E-state index contributed by atoms with van der Waals surface area (Å²) in [5.41, 5.74) is 6.87. The van der Waals surface area contributed by atoms with Gasteiger partial charge in [-0.05, 0) is 31.0 Å². The molecule has 1 rings (SSSR count). The number of aryl methyl sites for hydroxylation is 1. The zero-order valence-corrected chi connectivity index (χ0v) is 8.95. The number of aromatic hydroxyl groups is 1. The fourth-order valence-corrected chi connectivity index (χ4v) is 1.15. The third kappa shape index (κ3) is 2.95. The van der Waals surface area contributed by atoms with Crippen LogP contribution in [0.2, 0.25) is 0 Å². The van der Waals surface area contributed by atoms with Gasteiger partial charge in [-0.1, -0.05) is 13.0 Å². The molecule has 1 atom stereocenters. The molecule has 82 valence electrons. The lowest BCUT2D eigenvalue weighted by Gasteiger charge is -2.10. The Hall–Kier alpha value is -1.55. The fraction of sp³-hybridized carbons (Fsp3) is 0.364. The van der Waals surface area contributed by atoms with Gasteiger partial charge in [0.05, 0.1) is 11.7 Å². The molecule has 0 aromatic heterocycles. The summed E-state index contributed by atoms with van der Waals surface area (Å²) in [6.07, 6.45) is 0.849. The van der Waals surface area contributed by atoms with Crippen molar-refractivity contribution in [3.8, 4) is 5.75 Å². The van der Waals surface area contributed by atoms with Crippen LogP contribution < -0.4 is 11.1 Å². The summed E-state index contributed by atoms with van der Waals surface area (Å²) in [6, 6.07) is 4.54. The zero-order chi connectivity index (χ0) is 11.4. The van der Waals surface area contributed by atoms with Crippen molar-refractivity contribution in [2.45, 2.75) is 26.3 Å². The molecule has 0 saturated heterocycles. The first-order valence-electron chi connectivity index (χ1n) is 4.93. The van der Waals surface area contributed by atoms with Gasteiger partial charge in [0.1, 0.15) is 5.75 Å². The number of anilines is 1. The number of amides is 1. The second-order valence-electron chi connectivity index (χ2n) is 3.48. The highest BCUT2D eigenvalue weighted by molar-refractivity contribution is 5.95. The average molecular weight is 208 g/mol. The molecule has 15 heavy (non-hydrogen) atoms. The van der Waals surface area contributed by atoms with Gasteiger partial charge in [0.25, 0.3) is 0 Å². The highest BCUT2D eigenvalue weighted by Crippen LogP contribution is 2.24. The van der Waals surface area contributed by atoms with Crippen LogP contribution >= 0.6 is 0 Å². The molecule has 4 nitrogen and oxygen atoms in total. The van der Waals surface area contributed by atoms with Gasteiger partial charge in [-0.3, -0.25) is 4.79 Å². The van der Waals surface area contributed by atoms with E-state index in [4.69, 9.17) is 5.73 Å². The molecular weight excluding hydrogens is 192 g/mol. The van der Waals surface area contributed by atoms with Gasteiger partial charge in [0, 0.05) is 0 Å². The minimum absolute atomic E-state index is 0.0567. The summed E-state index contributed by atoms with van der Waals surface area (Å²) in [5, 5.41) is 12.1. The number of hydrogen-bond donors (Lipinski definition) is 3. The van der Waals surface area contributed by atoms with Crippen molar-refractivity contribution < 1.29 is 9.90 Å². The van der Waals surface area contributed by atoms with E-state index in [0.717, 1.165) is 12.0 Å². The molecule has 0 bridgehead atoms. The second kappa shape index (κ2) is 4.79. The highest BCUT2D eigenvalue weighted by atomic mass is 16.3. The number of phenols is 1. The predicted octanol–water partition coefficient (Wildman–Crippen LogP) is 1.24. The summed E-state index contributed by atoms with van der Waals surface area (Å²) in [4.78, 5) is 11.3. The van der Waals surface area contributed by atoms with Crippen molar-refractivity contribution in [3.05, 3.63) is 23.8 Å². The number of hydrogen-bond acceptors (Lipinski definition) is 3. The summed E-state index contributed by atoms with van der Waals surface area (Å²) in [6.45, 7) is 3.60. The van der Waals surface area contributed by atoms with Crippen LogP contribution in [0, 0.1) is 0 Å². The number of nitrogens with two attached hydrogens (primary N) is 1. The molecule has 4 N–H and O–H groups in total. The van der Waals surface area contributed by atoms with Crippen LogP contribution in [-0.2, 0) is 11.2 Å². The standard InChI is InChI=1S/C11H16N2O2/c1-3-8-4-5-10(14)9(6-8)13-11(15)7(2)12/h4-7,14H,3,12H2,1-2H3,(H,13,15)/t7-/m1/s1. The van der Waals surface area contributed by atoms with E-state index in [1.54, 1.807) is 19.1 Å². The Labute approximate surface area is 89.1 Å². The van der Waals surface area contributed by atoms with E-state index in [2.05, 4.69) is 5.32 Å². The van der Waals surface area contributed by atoms with E-state index >= 15 is 0 Å². The fourth-order valence-electron chi connectivity index (χ4n) is 1.15. The number of rotatable bonds is 3. The maximum atomic E-state index is 11.3. The van der Waals surface area contributed by atoms with Crippen LogP contribution in [-0.4, -0.2) is 17.1 Å². The van der Waals surface area contributed by atoms with Crippen LogP contribution in [0.1, 0.15) is 19.4 Å². The van der Waals surface area contributed by atoms with Gasteiger partial charge in [0.2, 0.25) is 5.91 Å². The van der Waals surface area contributed by atoms with Crippen LogP contribution in [0.4, 0.5) is 5.69 Å². The molecular formula is C11H16N2O2. The Morgan fingerprint density at radius 3 is 2.80 bits per heavy atom. The SMILES string of the molecule is CCc1ccc(O)c(NC(=O)[C@@H](C)N)c1. The molecule has 0 aliphatic carbocycles. The van der Waals surface area contributed by atoms with E-state index in [1.165, 1.54) is 0 Å². The summed E-state index contributed by atoms with van der Waals surface area (Å²) in [7, 11) is 0. The average Bonchev–Trinajstić information content (AvgIpc) is 2.21. The van der Waals surface area contributed by atoms with Gasteiger partial charge < -0.3 is 16.2 Å². The predicted molar refractivity (Wildman–Crippen MR) is 59.8 cm³/mol. The number of phenolic OH excluding ortho intramolecular Hbond substituents is 1. The quantitative estimate of drug-likeness (QED) is 0.654. The Kier molecular flexibility index (Phi) is 3.68. The summed E-state index contributed by atoms with van der Waals surface area (Å²) in [5.74, 6) is -0.250. The molecule has 0 saturated carbocycles. The highest BCUT2D eigenvalue weighted by Gasteiger charge is 2.10. The maximum absolute atomic E-state index is 11.3. The normalized spacial score (nSPS) is 12.2. The van der Waals surface area contributed by atoms with Crippen molar-refractivity contribution in [3.63, 3.8) is 0 Å². The third-order valence-electron chi connectivity index (χ3n) is 2.14. The first kappa shape index (κ1) is 11.5. The van der Waals surface area contributed by atoms with Crippen molar-refractivity contribution >= 4 is 11.6 Å². The lowest BCUT2D eigenvalue weighted by atomic mass is 10.1. The zero-order valence-electron chi connectivity index (χ0n) is 8.95. The second-order valence-corrected chi connectivity index (χ2v) is 3.48. The minimum Gasteiger partial charge on any atom is -0.506 e. The van der Waals surface area contributed by atoms with Crippen molar-refractivity contribution in [1.82, 2.24) is 0 Å². The third-order valence-corrected chi connectivity index (χ3v) is 2.14. The molecule has 1 aromatic rings. The lowest BCUT2D eigenvalue weighted by molar-refractivity contribution is -0.117. The molecule has 1 amide bonds. The molecule has 0 radical (unpaired) electrons. The number of benzene rings is 1. The first-order chi connectivity index (χ1) is 7.04. The topological polar surface area (TPSA) is 75.3 Å². The first-order valence-corrected chi connectivity index (χ1v) is 4.93. The largest absolute Gasteiger partial charge is 0.506 e. The van der Waals surface area contributed by atoms with E-state index in [9.17, 15) is 9.90 Å². The molecule has 4 heteroatoms. The van der Waals surface area contributed by atoms with Crippen molar-refractivity contribution in [2.24, 2.45) is 5.73 Å². The van der Waals surface area contributed by atoms with Gasteiger partial charge in [0.15, 0.2) is 0 Å². The smallest absolute Gasteiger partial charge is 0.241 e. The Balaban J connectivity index is 2.88. The van der Waals surface area contributed by atoms with E-state index < -0.39 is 6.04 Å². The molecule has 0 unspecified atom stereocenters. The Morgan fingerprint density at radius 1 is 1.60 bits per heavy atom. The van der Waals surface area contributed by atoms with Gasteiger partial charge >= 0.3 is 0 Å². The van der Waals surface area contributed by atoms with E-state index in [0.29, 0.717) is 5.69 Å². The van der Waals surface area contributed by atoms with Crippen LogP contribution in [0.3, 0.4) is 0 Å². The van der Waals surface area contributed by atoms with Crippen molar-refractivity contribution in [1.29, 1.82) is 0 Å². The van der Waals surface area contributed by atoms with Gasteiger partial charge in [-0.25, -0.2) is 0 Å². The molecule has 0 aliphatic heterocycles. The van der Waals surface area contributed by atoms with Crippen LogP contribution in [0.15, 0.2) is 18.2 Å². The number of nitrogens with one attached hydrogen (secondary N) is 1. The minimum atomic E-state index is -0.588. The van der Waals surface area contributed by atoms with Crippen LogP contribution in [0.25, 0.3) is 0 Å². The summed E-state index contributed by atoms with van der Waals surface area (Å²) < 4.78 is 0. The Morgan fingerprint density at radius 2 is 2.27 bits per heavy atom. The molecule has 0 fully saturated rings. The van der Waals surface area contributed by atoms with Gasteiger partial charge in [-0.15, -0.1) is 0 Å². The monoisotopic (exact) mass is 208 g/mol. The Bertz CT molecular complexity index is 362. The van der Waals surface area contributed by atoms with E-state index in [-0.39, 0.29) is 11.7 Å². The van der Waals surface area contributed by atoms with E-state index in [1.807, 2.05) is 13.0 Å². The number of carbonyl (C=O) groups is 1. The van der Waals surface area contributed by atoms with Crippen LogP contribution in [0.5, 0.6) is 5.75 Å². The number of carbonyl (C=O) groups excluding carboxylic acids is 1.